The molecule has 1 aromatic carbocycles. The number of ether oxygens (including phenoxy) is 2. The number of rotatable bonds is 3. The van der Waals surface area contributed by atoms with Crippen molar-refractivity contribution in [1.29, 1.82) is 0 Å². The molecule has 2 heterocycles. The highest BCUT2D eigenvalue weighted by Crippen LogP contribution is 2.31. The first-order chi connectivity index (χ1) is 10.2. The maximum atomic E-state index is 6.15. The summed E-state index contributed by atoms with van der Waals surface area (Å²) in [4.78, 5) is 2.36. The van der Waals surface area contributed by atoms with Gasteiger partial charge in [-0.1, -0.05) is 11.6 Å². The minimum absolute atomic E-state index is 0.409. The number of hydrogen-bond acceptors (Lipinski definition) is 5. The first kappa shape index (κ1) is 14.5. The van der Waals surface area contributed by atoms with E-state index in [1.54, 1.807) is 7.11 Å². The van der Waals surface area contributed by atoms with Crippen LogP contribution in [0.25, 0.3) is 10.8 Å². The Morgan fingerprint density at radius 1 is 1.24 bits per heavy atom. The van der Waals surface area contributed by atoms with Crippen LogP contribution in [-0.4, -0.2) is 48.5 Å². The third-order valence-corrected chi connectivity index (χ3v) is 4.10. The van der Waals surface area contributed by atoms with Crippen LogP contribution in [-0.2, 0) is 11.3 Å². The molecule has 0 saturated carbocycles. The molecule has 0 bridgehead atoms. The molecule has 0 unspecified atom stereocenters. The summed E-state index contributed by atoms with van der Waals surface area (Å²) >= 11 is 6.15. The van der Waals surface area contributed by atoms with Gasteiger partial charge in [-0.2, -0.15) is 5.10 Å². The van der Waals surface area contributed by atoms with E-state index in [9.17, 15) is 0 Å². The zero-order valence-corrected chi connectivity index (χ0v) is 13.0. The van der Waals surface area contributed by atoms with E-state index in [-0.39, 0.29) is 0 Å². The number of nitrogens with zero attached hydrogens (tertiary/aromatic N) is 3. The normalized spacial score (nSPS) is 16.3. The van der Waals surface area contributed by atoms with Gasteiger partial charge >= 0.3 is 0 Å². The molecule has 1 aromatic heterocycles. The fraction of sp³-hybridized carbons (Fsp3) is 0.467. The molecule has 6 heteroatoms. The maximum absolute atomic E-state index is 6.15. The quantitative estimate of drug-likeness (QED) is 0.871. The van der Waals surface area contributed by atoms with Gasteiger partial charge in [-0.15, -0.1) is 5.10 Å². The largest absolute Gasteiger partial charge is 0.496 e. The number of aromatic nitrogens is 2. The van der Waals surface area contributed by atoms with Crippen molar-refractivity contribution in [2.45, 2.75) is 13.5 Å². The Kier molecular flexibility index (Phi) is 4.24. The number of aryl methyl sites for hydroxylation is 1. The standard InChI is InChI=1S/C15H18ClN3O2/c1-10-12-7-11(9-19-3-5-21-6-4-19)14(20-2)8-13(12)15(16)18-17-10/h7-8H,3-6,9H2,1-2H3. The molecule has 1 fully saturated rings. The zero-order valence-electron chi connectivity index (χ0n) is 12.2. The van der Waals surface area contributed by atoms with Crippen LogP contribution in [0.1, 0.15) is 11.3 Å². The Labute approximate surface area is 128 Å². The van der Waals surface area contributed by atoms with Gasteiger partial charge in [-0.25, -0.2) is 0 Å². The van der Waals surface area contributed by atoms with E-state index in [0.29, 0.717) is 5.15 Å². The molecule has 0 amide bonds. The van der Waals surface area contributed by atoms with Crippen LogP contribution >= 0.6 is 11.6 Å². The van der Waals surface area contributed by atoms with Crippen molar-refractivity contribution in [3.63, 3.8) is 0 Å². The number of halogens is 1. The molecular weight excluding hydrogens is 290 g/mol. The number of morpholine rings is 1. The summed E-state index contributed by atoms with van der Waals surface area (Å²) in [5, 5.41) is 10.4. The number of benzene rings is 1. The van der Waals surface area contributed by atoms with Crippen molar-refractivity contribution in [1.82, 2.24) is 15.1 Å². The van der Waals surface area contributed by atoms with Gasteiger partial charge in [0.1, 0.15) is 5.75 Å². The van der Waals surface area contributed by atoms with E-state index < -0.39 is 0 Å². The number of hydrogen-bond donors (Lipinski definition) is 0. The molecule has 5 nitrogen and oxygen atoms in total. The molecule has 112 valence electrons. The minimum Gasteiger partial charge on any atom is -0.496 e. The molecule has 0 N–H and O–H groups in total. The monoisotopic (exact) mass is 307 g/mol. The molecule has 1 aliphatic heterocycles. The Balaban J connectivity index is 2.02. The maximum Gasteiger partial charge on any atom is 0.159 e. The number of fused-ring (bicyclic) bond motifs is 1. The minimum atomic E-state index is 0.409. The highest BCUT2D eigenvalue weighted by Gasteiger charge is 2.16. The van der Waals surface area contributed by atoms with Crippen LogP contribution in [0, 0.1) is 6.92 Å². The highest BCUT2D eigenvalue weighted by molar-refractivity contribution is 6.34. The molecular formula is C15H18ClN3O2. The van der Waals surface area contributed by atoms with Crippen molar-refractivity contribution in [2.24, 2.45) is 0 Å². The van der Waals surface area contributed by atoms with Crippen molar-refractivity contribution in [2.75, 3.05) is 33.4 Å². The fourth-order valence-electron chi connectivity index (χ4n) is 2.64. The zero-order chi connectivity index (χ0) is 14.8. The number of methoxy groups -OCH3 is 1. The second-order valence-electron chi connectivity index (χ2n) is 5.17. The lowest BCUT2D eigenvalue weighted by molar-refractivity contribution is 0.0339. The van der Waals surface area contributed by atoms with Gasteiger partial charge in [0.05, 0.1) is 26.0 Å². The topological polar surface area (TPSA) is 47.5 Å². The second kappa shape index (κ2) is 6.13. The lowest BCUT2D eigenvalue weighted by atomic mass is 10.1. The first-order valence-corrected chi connectivity index (χ1v) is 7.36. The Hall–Kier alpha value is -1.43. The fourth-order valence-corrected chi connectivity index (χ4v) is 2.83. The van der Waals surface area contributed by atoms with Gasteiger partial charge in [0.2, 0.25) is 0 Å². The molecule has 3 rings (SSSR count). The van der Waals surface area contributed by atoms with Crippen LogP contribution in [0.4, 0.5) is 0 Å². The Morgan fingerprint density at radius 2 is 2.00 bits per heavy atom. The van der Waals surface area contributed by atoms with Gasteiger partial charge < -0.3 is 9.47 Å². The Morgan fingerprint density at radius 3 is 2.71 bits per heavy atom. The van der Waals surface area contributed by atoms with Gasteiger partial charge in [0, 0.05) is 36.0 Å². The molecule has 21 heavy (non-hydrogen) atoms. The molecule has 2 aromatic rings. The Bertz CT molecular complexity index is 657. The van der Waals surface area contributed by atoms with E-state index in [4.69, 9.17) is 21.1 Å². The van der Waals surface area contributed by atoms with E-state index >= 15 is 0 Å². The summed E-state index contributed by atoms with van der Waals surface area (Å²) in [6, 6.07) is 4.06. The van der Waals surface area contributed by atoms with Crippen molar-refractivity contribution >= 4 is 22.4 Å². The van der Waals surface area contributed by atoms with E-state index in [2.05, 4.69) is 21.2 Å². The molecule has 0 radical (unpaired) electrons. The molecule has 1 saturated heterocycles. The van der Waals surface area contributed by atoms with E-state index in [0.717, 1.165) is 60.6 Å². The predicted octanol–water partition coefficient (Wildman–Crippen LogP) is 2.43. The molecule has 0 aliphatic carbocycles. The van der Waals surface area contributed by atoms with Crippen molar-refractivity contribution in [3.05, 3.63) is 28.5 Å². The second-order valence-corrected chi connectivity index (χ2v) is 5.53. The lowest BCUT2D eigenvalue weighted by Gasteiger charge is -2.27. The third kappa shape index (κ3) is 2.95. The summed E-state index contributed by atoms with van der Waals surface area (Å²) in [6.45, 7) is 6.22. The summed E-state index contributed by atoms with van der Waals surface area (Å²) in [5.41, 5.74) is 2.01. The van der Waals surface area contributed by atoms with Gasteiger partial charge in [-0.05, 0) is 19.1 Å². The van der Waals surface area contributed by atoms with Crippen LogP contribution in [0.3, 0.4) is 0 Å². The molecule has 0 atom stereocenters. The molecule has 0 spiro atoms. The average Bonchev–Trinajstić information content (AvgIpc) is 2.52. The van der Waals surface area contributed by atoms with Gasteiger partial charge in [-0.3, -0.25) is 4.90 Å². The van der Waals surface area contributed by atoms with E-state index in [1.807, 2.05) is 13.0 Å². The van der Waals surface area contributed by atoms with Crippen LogP contribution in [0.15, 0.2) is 12.1 Å². The predicted molar refractivity (Wildman–Crippen MR) is 81.9 cm³/mol. The summed E-state index contributed by atoms with van der Waals surface area (Å²) in [7, 11) is 1.68. The van der Waals surface area contributed by atoms with Gasteiger partial charge in [0.15, 0.2) is 5.15 Å². The summed E-state index contributed by atoms with van der Waals surface area (Å²) in [6.07, 6.45) is 0. The molecule has 1 aliphatic rings. The third-order valence-electron chi connectivity index (χ3n) is 3.82. The van der Waals surface area contributed by atoms with E-state index in [1.165, 1.54) is 0 Å². The van der Waals surface area contributed by atoms with Crippen LogP contribution in [0.2, 0.25) is 5.15 Å². The van der Waals surface area contributed by atoms with Crippen LogP contribution in [0.5, 0.6) is 5.75 Å². The SMILES string of the molecule is COc1cc2c(Cl)nnc(C)c2cc1CN1CCOCC1. The highest BCUT2D eigenvalue weighted by atomic mass is 35.5. The lowest BCUT2D eigenvalue weighted by Crippen LogP contribution is -2.35. The first-order valence-electron chi connectivity index (χ1n) is 6.98. The van der Waals surface area contributed by atoms with Crippen LogP contribution < -0.4 is 4.74 Å². The summed E-state index contributed by atoms with van der Waals surface area (Å²) in [5.74, 6) is 0.836. The van der Waals surface area contributed by atoms with Crippen molar-refractivity contribution in [3.8, 4) is 5.75 Å². The average molecular weight is 308 g/mol. The smallest absolute Gasteiger partial charge is 0.159 e. The summed E-state index contributed by atoms with van der Waals surface area (Å²) < 4.78 is 10.9. The van der Waals surface area contributed by atoms with Crippen molar-refractivity contribution < 1.29 is 9.47 Å². The van der Waals surface area contributed by atoms with Gasteiger partial charge in [0.25, 0.3) is 0 Å².